The van der Waals surface area contributed by atoms with E-state index >= 15 is 0 Å². The molecule has 0 fully saturated rings. The average molecular weight is 268 g/mol. The molecule has 0 N–H and O–H groups in total. The van der Waals surface area contributed by atoms with Crippen LogP contribution in [0.15, 0.2) is 0 Å². The normalized spacial score (nSPS) is 13.1. The molecule has 5 heteroatoms. The van der Waals surface area contributed by atoms with E-state index in [-0.39, 0.29) is 17.6 Å². The van der Waals surface area contributed by atoms with Gasteiger partial charge in [0.25, 0.3) is 0 Å². The van der Waals surface area contributed by atoms with E-state index in [1.165, 1.54) is 11.8 Å². The van der Waals surface area contributed by atoms with Crippen molar-refractivity contribution in [2.75, 3.05) is 12.4 Å². The zero-order chi connectivity index (χ0) is 13.3. The first-order valence-electron chi connectivity index (χ1n) is 5.99. The second-order valence-corrected chi connectivity index (χ2v) is 5.87. The summed E-state index contributed by atoms with van der Waals surface area (Å²) in [5, 5.41) is -0.208. The van der Waals surface area contributed by atoms with Crippen LogP contribution in [0.25, 0.3) is 0 Å². The van der Waals surface area contributed by atoms with Crippen LogP contribution in [0.2, 0.25) is 0 Å². The van der Waals surface area contributed by atoms with Gasteiger partial charge in [-0.15, -0.1) is 11.8 Å². The molecule has 0 aromatic rings. The van der Waals surface area contributed by atoms with Gasteiger partial charge >= 0.3 is 5.97 Å². The highest BCUT2D eigenvalue weighted by molar-refractivity contribution is 8.00. The highest BCUT2D eigenvalue weighted by Crippen LogP contribution is 2.16. The molecular formula is C12H22F2O2S. The predicted octanol–water partition coefficient (Wildman–Crippen LogP) is 3.74. The van der Waals surface area contributed by atoms with Crippen molar-refractivity contribution in [3.8, 4) is 0 Å². The number of thioether (sulfide) groups is 1. The lowest BCUT2D eigenvalue weighted by molar-refractivity contribution is -0.143. The number of carbonyl (C=O) groups is 1. The van der Waals surface area contributed by atoms with Gasteiger partial charge in [0.15, 0.2) is 0 Å². The van der Waals surface area contributed by atoms with Crippen LogP contribution in [0.3, 0.4) is 0 Å². The number of esters is 1. The van der Waals surface area contributed by atoms with Gasteiger partial charge in [-0.05, 0) is 31.4 Å². The average Bonchev–Trinajstić information content (AvgIpc) is 2.24. The van der Waals surface area contributed by atoms with Crippen molar-refractivity contribution in [2.24, 2.45) is 5.92 Å². The molecule has 2 nitrogen and oxygen atoms in total. The quantitative estimate of drug-likeness (QED) is 0.470. The summed E-state index contributed by atoms with van der Waals surface area (Å²) in [4.78, 5) is 11.5. The molecule has 0 spiro atoms. The smallest absolute Gasteiger partial charge is 0.318 e. The summed E-state index contributed by atoms with van der Waals surface area (Å²) in [5.41, 5.74) is 0. The van der Waals surface area contributed by atoms with Crippen LogP contribution in [-0.4, -0.2) is 30.0 Å². The lowest BCUT2D eigenvalue weighted by Gasteiger charge is -2.12. The van der Waals surface area contributed by atoms with Gasteiger partial charge in [-0.1, -0.05) is 13.8 Å². The Morgan fingerprint density at radius 3 is 2.41 bits per heavy atom. The van der Waals surface area contributed by atoms with Crippen molar-refractivity contribution >= 4 is 17.7 Å². The monoisotopic (exact) mass is 268 g/mol. The van der Waals surface area contributed by atoms with E-state index in [2.05, 4.69) is 0 Å². The molecule has 0 aliphatic rings. The molecule has 0 heterocycles. The Labute approximate surface area is 106 Å². The molecule has 0 aromatic heterocycles. The summed E-state index contributed by atoms with van der Waals surface area (Å²) >= 11 is 1.47. The van der Waals surface area contributed by atoms with Gasteiger partial charge in [0.05, 0.1) is 11.9 Å². The van der Waals surface area contributed by atoms with E-state index in [0.717, 1.165) is 12.2 Å². The van der Waals surface area contributed by atoms with E-state index in [1.54, 1.807) is 6.92 Å². The Kier molecular flexibility index (Phi) is 9.50. The van der Waals surface area contributed by atoms with Gasteiger partial charge in [-0.25, -0.2) is 8.78 Å². The number of unbranched alkanes of at least 4 members (excludes halogenated alkanes) is 1. The van der Waals surface area contributed by atoms with Crippen LogP contribution in [-0.2, 0) is 9.53 Å². The van der Waals surface area contributed by atoms with Gasteiger partial charge in [0, 0.05) is 6.42 Å². The highest BCUT2D eigenvalue weighted by Gasteiger charge is 2.15. The minimum Gasteiger partial charge on any atom is -0.465 e. The summed E-state index contributed by atoms with van der Waals surface area (Å²) in [6.45, 7) is 6.19. The van der Waals surface area contributed by atoms with Crippen molar-refractivity contribution < 1.29 is 18.3 Å². The van der Waals surface area contributed by atoms with E-state index in [1.807, 2.05) is 13.8 Å². The number of halogens is 2. The van der Waals surface area contributed by atoms with Crippen LogP contribution in [0.1, 0.15) is 40.0 Å². The first kappa shape index (κ1) is 16.7. The standard InChI is InChI=1S/C12H22F2O2S/c1-9(2)8-16-12(15)10(3)17-7-5-4-6-11(13)14/h9-11H,4-8H2,1-3H3. The minimum absolute atomic E-state index is 0.0489. The molecule has 102 valence electrons. The number of hydrogen-bond acceptors (Lipinski definition) is 3. The third-order valence-electron chi connectivity index (χ3n) is 2.08. The number of hydrogen-bond donors (Lipinski definition) is 0. The van der Waals surface area contributed by atoms with Crippen molar-refractivity contribution in [1.29, 1.82) is 0 Å². The summed E-state index contributed by atoms with van der Waals surface area (Å²) in [7, 11) is 0. The maximum absolute atomic E-state index is 11.8. The number of alkyl halides is 2. The molecule has 0 amide bonds. The number of carbonyl (C=O) groups excluding carboxylic acids is 1. The van der Waals surface area contributed by atoms with Gasteiger partial charge in [-0.2, -0.15) is 0 Å². The van der Waals surface area contributed by atoms with Crippen molar-refractivity contribution in [3.05, 3.63) is 0 Å². The van der Waals surface area contributed by atoms with Gasteiger partial charge in [-0.3, -0.25) is 4.79 Å². The summed E-state index contributed by atoms with van der Waals surface area (Å²) < 4.78 is 28.8. The second kappa shape index (κ2) is 9.68. The zero-order valence-electron chi connectivity index (χ0n) is 10.7. The van der Waals surface area contributed by atoms with Crippen LogP contribution >= 0.6 is 11.8 Å². The first-order valence-corrected chi connectivity index (χ1v) is 7.04. The summed E-state index contributed by atoms with van der Waals surface area (Å²) in [6.07, 6.45) is -1.03. The predicted molar refractivity (Wildman–Crippen MR) is 67.6 cm³/mol. The SMILES string of the molecule is CC(C)COC(=O)C(C)SCCCCC(F)F. The van der Waals surface area contributed by atoms with Crippen LogP contribution < -0.4 is 0 Å². The first-order chi connectivity index (χ1) is 7.93. The van der Waals surface area contributed by atoms with E-state index in [9.17, 15) is 13.6 Å². The fourth-order valence-corrected chi connectivity index (χ4v) is 2.02. The largest absolute Gasteiger partial charge is 0.465 e. The van der Waals surface area contributed by atoms with Gasteiger partial charge in [0.1, 0.15) is 0 Å². The molecule has 0 aliphatic carbocycles. The highest BCUT2D eigenvalue weighted by atomic mass is 32.2. The van der Waals surface area contributed by atoms with E-state index < -0.39 is 6.43 Å². The Hall–Kier alpha value is -0.320. The van der Waals surface area contributed by atoms with E-state index in [4.69, 9.17) is 4.74 Å². The molecule has 0 bridgehead atoms. The molecule has 17 heavy (non-hydrogen) atoms. The van der Waals surface area contributed by atoms with Crippen molar-refractivity contribution in [1.82, 2.24) is 0 Å². The van der Waals surface area contributed by atoms with Crippen LogP contribution in [0.5, 0.6) is 0 Å². The Balaban J connectivity index is 3.50. The third kappa shape index (κ3) is 10.5. The lowest BCUT2D eigenvalue weighted by atomic mass is 10.2. The molecule has 1 atom stereocenters. The Bertz CT molecular complexity index is 211. The third-order valence-corrected chi connectivity index (χ3v) is 3.29. The molecule has 0 aromatic carbocycles. The minimum atomic E-state index is -2.21. The number of rotatable bonds is 9. The van der Waals surface area contributed by atoms with Gasteiger partial charge < -0.3 is 4.74 Å². The molecule has 0 saturated heterocycles. The Morgan fingerprint density at radius 1 is 1.24 bits per heavy atom. The summed E-state index contributed by atoms with van der Waals surface area (Å²) in [6, 6.07) is 0. The second-order valence-electron chi connectivity index (χ2n) is 4.42. The molecule has 0 radical (unpaired) electrons. The topological polar surface area (TPSA) is 26.3 Å². The van der Waals surface area contributed by atoms with Crippen LogP contribution in [0.4, 0.5) is 8.78 Å². The summed E-state index contributed by atoms with van der Waals surface area (Å²) in [5.74, 6) is 0.852. The number of ether oxygens (including phenoxy) is 1. The molecule has 0 saturated carbocycles. The molecular weight excluding hydrogens is 246 g/mol. The fourth-order valence-electron chi connectivity index (χ4n) is 1.10. The zero-order valence-corrected chi connectivity index (χ0v) is 11.6. The van der Waals surface area contributed by atoms with Crippen molar-refractivity contribution in [3.63, 3.8) is 0 Å². The van der Waals surface area contributed by atoms with E-state index in [0.29, 0.717) is 18.9 Å². The molecule has 0 rings (SSSR count). The van der Waals surface area contributed by atoms with Gasteiger partial charge in [0.2, 0.25) is 6.43 Å². The molecule has 0 aliphatic heterocycles. The maximum Gasteiger partial charge on any atom is 0.318 e. The van der Waals surface area contributed by atoms with Crippen molar-refractivity contribution in [2.45, 2.75) is 51.7 Å². The maximum atomic E-state index is 11.8. The fraction of sp³-hybridized carbons (Fsp3) is 0.917. The Morgan fingerprint density at radius 2 is 1.88 bits per heavy atom. The molecule has 1 unspecified atom stereocenters. The lowest BCUT2D eigenvalue weighted by Crippen LogP contribution is -2.19. The van der Waals surface area contributed by atoms with Crippen LogP contribution in [0, 0.1) is 5.92 Å².